The molecule has 0 atom stereocenters. The number of hydrogen-bond donors (Lipinski definition) is 2. The summed E-state index contributed by atoms with van der Waals surface area (Å²) >= 11 is 5.94. The van der Waals surface area contributed by atoms with Gasteiger partial charge in [0.15, 0.2) is 0 Å². The zero-order valence-electron chi connectivity index (χ0n) is 10.6. The third-order valence-electron chi connectivity index (χ3n) is 2.50. The summed E-state index contributed by atoms with van der Waals surface area (Å²) in [5.41, 5.74) is 5.89. The van der Waals surface area contributed by atoms with Crippen molar-refractivity contribution in [2.45, 2.75) is 19.8 Å². The summed E-state index contributed by atoms with van der Waals surface area (Å²) in [5, 5.41) is 3.12. The normalized spacial score (nSPS) is 10.8. The van der Waals surface area contributed by atoms with Crippen LogP contribution in [0, 0.1) is 5.82 Å². The number of nitrogen functional groups attached to an aromatic ring is 1. The molecule has 19 heavy (non-hydrogen) atoms. The lowest BCUT2D eigenvalue weighted by Crippen LogP contribution is -2.05. The van der Waals surface area contributed by atoms with Crippen molar-refractivity contribution in [1.29, 1.82) is 0 Å². The number of benzene rings is 1. The predicted molar refractivity (Wildman–Crippen MR) is 75.2 cm³/mol. The minimum atomic E-state index is -0.448. The molecule has 0 aliphatic rings. The highest BCUT2D eigenvalue weighted by molar-refractivity contribution is 6.33. The summed E-state index contributed by atoms with van der Waals surface area (Å²) < 4.78 is 13.7. The Hall–Kier alpha value is -1.88. The molecule has 0 fully saturated rings. The minimum absolute atomic E-state index is 0.125. The van der Waals surface area contributed by atoms with E-state index in [0.29, 0.717) is 17.5 Å². The van der Waals surface area contributed by atoms with Crippen LogP contribution in [0.5, 0.6) is 0 Å². The van der Waals surface area contributed by atoms with E-state index in [0.717, 1.165) is 0 Å². The zero-order valence-corrected chi connectivity index (χ0v) is 11.4. The van der Waals surface area contributed by atoms with E-state index in [-0.39, 0.29) is 16.6 Å². The van der Waals surface area contributed by atoms with Crippen LogP contribution in [0.25, 0.3) is 0 Å². The maximum Gasteiger partial charge on any atom is 0.148 e. The van der Waals surface area contributed by atoms with Gasteiger partial charge in [-0.1, -0.05) is 31.5 Å². The van der Waals surface area contributed by atoms with E-state index in [2.05, 4.69) is 15.3 Å². The molecule has 2 aromatic rings. The second-order valence-corrected chi connectivity index (χ2v) is 4.82. The number of hydrogen-bond acceptors (Lipinski definition) is 4. The van der Waals surface area contributed by atoms with E-state index in [1.54, 1.807) is 6.07 Å². The maximum atomic E-state index is 13.7. The first kappa shape index (κ1) is 13.5. The summed E-state index contributed by atoms with van der Waals surface area (Å²) in [7, 11) is 0. The molecule has 0 saturated heterocycles. The maximum absolute atomic E-state index is 13.7. The van der Waals surface area contributed by atoms with Crippen molar-refractivity contribution in [2.75, 3.05) is 11.1 Å². The number of anilines is 3. The summed E-state index contributed by atoms with van der Waals surface area (Å²) in [5.74, 6) is 1.02. The van der Waals surface area contributed by atoms with Crippen molar-refractivity contribution in [2.24, 2.45) is 0 Å². The van der Waals surface area contributed by atoms with Crippen LogP contribution in [0.4, 0.5) is 21.7 Å². The second-order valence-electron chi connectivity index (χ2n) is 4.41. The lowest BCUT2D eigenvalue weighted by Gasteiger charge is -2.11. The lowest BCUT2D eigenvalue weighted by atomic mass is 10.2. The van der Waals surface area contributed by atoms with Gasteiger partial charge in [-0.05, 0) is 12.1 Å². The molecule has 0 aliphatic carbocycles. The Labute approximate surface area is 115 Å². The molecule has 1 aromatic carbocycles. The highest BCUT2D eigenvalue weighted by atomic mass is 35.5. The molecule has 0 saturated carbocycles. The van der Waals surface area contributed by atoms with Crippen molar-refractivity contribution in [3.8, 4) is 0 Å². The lowest BCUT2D eigenvalue weighted by molar-refractivity contribution is 0.632. The number of nitrogens with two attached hydrogens (primary N) is 1. The van der Waals surface area contributed by atoms with Crippen molar-refractivity contribution in [3.63, 3.8) is 0 Å². The van der Waals surface area contributed by atoms with E-state index >= 15 is 0 Å². The molecule has 3 N–H and O–H groups in total. The Bertz CT molecular complexity index is 581. The number of rotatable bonds is 3. The van der Waals surface area contributed by atoms with Gasteiger partial charge in [0.25, 0.3) is 0 Å². The van der Waals surface area contributed by atoms with Crippen molar-refractivity contribution < 1.29 is 4.39 Å². The molecular weight excluding hydrogens is 267 g/mol. The topological polar surface area (TPSA) is 63.8 Å². The molecule has 1 aromatic heterocycles. The monoisotopic (exact) mass is 280 g/mol. The highest BCUT2D eigenvalue weighted by Gasteiger charge is 2.10. The van der Waals surface area contributed by atoms with Gasteiger partial charge in [-0.3, -0.25) is 0 Å². The number of nitrogens with zero attached hydrogens (tertiary/aromatic N) is 2. The fraction of sp³-hybridized carbons (Fsp3) is 0.231. The molecule has 2 rings (SSSR count). The van der Waals surface area contributed by atoms with Crippen molar-refractivity contribution >= 4 is 28.9 Å². The molecular formula is C13H14ClFN4. The van der Waals surface area contributed by atoms with Crippen molar-refractivity contribution in [1.82, 2.24) is 9.97 Å². The van der Waals surface area contributed by atoms with Gasteiger partial charge >= 0.3 is 0 Å². The first-order chi connectivity index (χ1) is 8.97. The van der Waals surface area contributed by atoms with Crippen LogP contribution < -0.4 is 11.1 Å². The van der Waals surface area contributed by atoms with E-state index in [9.17, 15) is 4.39 Å². The van der Waals surface area contributed by atoms with Crippen LogP contribution >= 0.6 is 11.6 Å². The van der Waals surface area contributed by atoms with Crippen LogP contribution in [-0.2, 0) is 0 Å². The molecule has 0 aliphatic heterocycles. The first-order valence-corrected chi connectivity index (χ1v) is 6.20. The standard InChI is InChI=1S/C13H14ClFN4/c1-7(2)13-17-10(16)6-11(19-13)18-12-8(14)4-3-5-9(12)15/h3-7H,1-2H3,(H3,16,17,18,19). The van der Waals surface area contributed by atoms with Gasteiger partial charge in [0.05, 0.1) is 10.7 Å². The van der Waals surface area contributed by atoms with Crippen LogP contribution in [0.1, 0.15) is 25.6 Å². The fourth-order valence-electron chi connectivity index (χ4n) is 1.55. The molecule has 1 heterocycles. The summed E-state index contributed by atoms with van der Waals surface area (Å²) in [4.78, 5) is 8.40. The predicted octanol–water partition coefficient (Wildman–Crippen LogP) is 3.72. The zero-order chi connectivity index (χ0) is 14.0. The third kappa shape index (κ3) is 3.12. The third-order valence-corrected chi connectivity index (χ3v) is 2.81. The second kappa shape index (κ2) is 5.40. The van der Waals surface area contributed by atoms with Gasteiger partial charge in [0.2, 0.25) is 0 Å². The molecule has 0 amide bonds. The molecule has 100 valence electrons. The Morgan fingerprint density at radius 2 is 2.05 bits per heavy atom. The number of nitrogens with one attached hydrogen (secondary N) is 1. The van der Waals surface area contributed by atoms with Crippen LogP contribution in [0.15, 0.2) is 24.3 Å². The number of para-hydroxylation sites is 1. The summed E-state index contributed by atoms with van der Waals surface area (Å²) in [6.07, 6.45) is 0. The van der Waals surface area contributed by atoms with Gasteiger partial charge in [-0.2, -0.15) is 0 Å². The molecule has 0 unspecified atom stereocenters. The highest BCUT2D eigenvalue weighted by Crippen LogP contribution is 2.28. The SMILES string of the molecule is CC(C)c1nc(N)cc(Nc2c(F)cccc2Cl)n1. The number of aromatic nitrogens is 2. The molecule has 0 bridgehead atoms. The molecule has 0 spiro atoms. The molecule has 0 radical (unpaired) electrons. The largest absolute Gasteiger partial charge is 0.384 e. The summed E-state index contributed by atoms with van der Waals surface area (Å²) in [6.45, 7) is 3.91. The van der Waals surface area contributed by atoms with E-state index in [1.807, 2.05) is 13.8 Å². The van der Waals surface area contributed by atoms with Gasteiger partial charge in [0, 0.05) is 12.0 Å². The van der Waals surface area contributed by atoms with E-state index < -0.39 is 5.82 Å². The van der Waals surface area contributed by atoms with Gasteiger partial charge in [-0.25, -0.2) is 14.4 Å². The minimum Gasteiger partial charge on any atom is -0.384 e. The van der Waals surface area contributed by atoms with Crippen LogP contribution in [0.2, 0.25) is 5.02 Å². The van der Waals surface area contributed by atoms with E-state index in [1.165, 1.54) is 18.2 Å². The van der Waals surface area contributed by atoms with Crippen LogP contribution in [-0.4, -0.2) is 9.97 Å². The first-order valence-electron chi connectivity index (χ1n) is 5.83. The van der Waals surface area contributed by atoms with Gasteiger partial charge in [0.1, 0.15) is 23.3 Å². The van der Waals surface area contributed by atoms with Crippen molar-refractivity contribution in [3.05, 3.63) is 40.9 Å². The van der Waals surface area contributed by atoms with Gasteiger partial charge < -0.3 is 11.1 Å². The van der Waals surface area contributed by atoms with Gasteiger partial charge in [-0.15, -0.1) is 0 Å². The van der Waals surface area contributed by atoms with E-state index in [4.69, 9.17) is 17.3 Å². The smallest absolute Gasteiger partial charge is 0.148 e. The Balaban J connectivity index is 2.38. The quantitative estimate of drug-likeness (QED) is 0.899. The molecule has 6 heteroatoms. The Morgan fingerprint density at radius 1 is 1.32 bits per heavy atom. The number of halogens is 2. The van der Waals surface area contributed by atoms with Crippen LogP contribution in [0.3, 0.4) is 0 Å². The fourth-order valence-corrected chi connectivity index (χ4v) is 1.76. The average Bonchev–Trinajstić information content (AvgIpc) is 2.33. The summed E-state index contributed by atoms with van der Waals surface area (Å²) in [6, 6.07) is 5.99. The Kier molecular flexibility index (Phi) is 3.85. The average molecular weight is 281 g/mol. The Morgan fingerprint density at radius 3 is 2.68 bits per heavy atom. The molecule has 4 nitrogen and oxygen atoms in total.